The van der Waals surface area contributed by atoms with E-state index in [-0.39, 0.29) is 5.56 Å². The molecule has 0 fully saturated rings. The summed E-state index contributed by atoms with van der Waals surface area (Å²) in [7, 11) is 0. The van der Waals surface area contributed by atoms with Crippen LogP contribution in [0.2, 0.25) is 0 Å². The van der Waals surface area contributed by atoms with Gasteiger partial charge < -0.3 is 18.9 Å². The lowest BCUT2D eigenvalue weighted by atomic mass is 10.1. The summed E-state index contributed by atoms with van der Waals surface area (Å²) in [4.78, 5) is 37.2. The van der Waals surface area contributed by atoms with E-state index in [9.17, 15) is 14.4 Å². The number of benzene rings is 3. The summed E-state index contributed by atoms with van der Waals surface area (Å²) >= 11 is 0. The molecule has 50 heavy (non-hydrogen) atoms. The molecule has 1 atom stereocenters. The summed E-state index contributed by atoms with van der Waals surface area (Å²) in [6, 6.07) is 20.0. The van der Waals surface area contributed by atoms with Crippen molar-refractivity contribution >= 4 is 29.3 Å². The molecule has 9 nitrogen and oxygen atoms in total. The lowest BCUT2D eigenvalue weighted by Gasteiger charge is -2.12. The van der Waals surface area contributed by atoms with Gasteiger partial charge in [0.1, 0.15) is 11.5 Å². The molecular weight excluding hydrogens is 632 g/mol. The molecule has 0 radical (unpaired) electrons. The molecule has 0 aliphatic rings. The zero-order chi connectivity index (χ0) is 35.8. The van der Waals surface area contributed by atoms with Crippen molar-refractivity contribution in [2.24, 2.45) is 10.2 Å². The Morgan fingerprint density at radius 3 is 1.56 bits per heavy atom. The average molecular weight is 687 g/mol. The van der Waals surface area contributed by atoms with E-state index in [4.69, 9.17) is 18.9 Å². The molecule has 1 unspecified atom stereocenters. The van der Waals surface area contributed by atoms with Crippen LogP contribution in [0, 0.1) is 0 Å². The van der Waals surface area contributed by atoms with Crippen LogP contribution in [0.15, 0.2) is 83.0 Å². The van der Waals surface area contributed by atoms with Crippen LogP contribution in [0.3, 0.4) is 0 Å². The van der Waals surface area contributed by atoms with E-state index in [1.165, 1.54) is 64.7 Å². The van der Waals surface area contributed by atoms with Crippen LogP contribution >= 0.6 is 0 Å². The zero-order valence-corrected chi connectivity index (χ0v) is 30.1. The highest BCUT2D eigenvalue weighted by Crippen LogP contribution is 2.23. The van der Waals surface area contributed by atoms with E-state index in [0.717, 1.165) is 37.9 Å². The third-order valence-electron chi connectivity index (χ3n) is 8.15. The lowest BCUT2D eigenvalue weighted by molar-refractivity contribution is -0.153. The zero-order valence-electron chi connectivity index (χ0n) is 30.1. The van der Waals surface area contributed by atoms with Gasteiger partial charge in [0.05, 0.1) is 35.7 Å². The highest BCUT2D eigenvalue weighted by atomic mass is 16.6. The quantitative estimate of drug-likeness (QED) is 0.0399. The number of carbonyl (C=O) groups excluding carboxylic acids is 3. The third-order valence-corrected chi connectivity index (χ3v) is 8.15. The molecule has 0 bridgehead atoms. The van der Waals surface area contributed by atoms with Crippen molar-refractivity contribution in [2.75, 3.05) is 13.2 Å². The number of hydrogen-bond donors (Lipinski definition) is 0. The highest BCUT2D eigenvalue weighted by molar-refractivity contribution is 5.92. The van der Waals surface area contributed by atoms with Gasteiger partial charge in [-0.2, -0.15) is 10.2 Å². The molecule has 3 aromatic rings. The van der Waals surface area contributed by atoms with E-state index in [1.807, 2.05) is 0 Å². The van der Waals surface area contributed by atoms with Crippen LogP contribution in [0.25, 0.3) is 0 Å². The molecule has 0 N–H and O–H groups in total. The first kappa shape index (κ1) is 39.9. The molecule has 0 aromatic heterocycles. The summed E-state index contributed by atoms with van der Waals surface area (Å²) in [5, 5.41) is 8.41. The van der Waals surface area contributed by atoms with Gasteiger partial charge in [-0.1, -0.05) is 90.9 Å². The Bertz CT molecular complexity index is 1440. The average Bonchev–Trinajstić information content (AvgIpc) is 3.13. The monoisotopic (exact) mass is 686 g/mol. The Morgan fingerprint density at radius 1 is 0.540 bits per heavy atom. The van der Waals surface area contributed by atoms with Crippen molar-refractivity contribution in [3.8, 4) is 11.5 Å². The third kappa shape index (κ3) is 15.8. The van der Waals surface area contributed by atoms with Crippen molar-refractivity contribution in [1.29, 1.82) is 0 Å². The van der Waals surface area contributed by atoms with Crippen LogP contribution in [-0.4, -0.2) is 37.2 Å². The predicted molar refractivity (Wildman–Crippen MR) is 196 cm³/mol. The second kappa shape index (κ2) is 23.8. The number of hydrogen-bond acceptors (Lipinski definition) is 9. The summed E-state index contributed by atoms with van der Waals surface area (Å²) in [6.45, 7) is 6.84. The van der Waals surface area contributed by atoms with Crippen LogP contribution in [0.5, 0.6) is 11.5 Å². The van der Waals surface area contributed by atoms with Crippen molar-refractivity contribution in [3.05, 3.63) is 83.9 Å². The molecule has 0 saturated carbocycles. The molecule has 0 aliphatic heterocycles. The largest absolute Gasteiger partial charge is 0.494 e. The predicted octanol–water partition coefficient (Wildman–Crippen LogP) is 11.3. The SMILES string of the molecule is CCCCCCCCCCCCOc1ccc(C(=O)Oc2ccc(N=Nc3ccc(C(=O)OC(C)C(=O)OCCCCCC)cc3)cc2)cc1. The Hall–Kier alpha value is -4.53. The Morgan fingerprint density at radius 2 is 0.980 bits per heavy atom. The van der Waals surface area contributed by atoms with Gasteiger partial charge in [0, 0.05) is 0 Å². The molecule has 0 saturated heterocycles. The molecule has 0 amide bonds. The van der Waals surface area contributed by atoms with Crippen LogP contribution < -0.4 is 9.47 Å². The number of azo groups is 1. The Kier molecular flexibility index (Phi) is 19.0. The van der Waals surface area contributed by atoms with Crippen molar-refractivity contribution in [2.45, 2.75) is 117 Å². The molecule has 0 heterocycles. The molecule has 0 aliphatic carbocycles. The van der Waals surface area contributed by atoms with Gasteiger partial charge in [0.15, 0.2) is 6.10 Å². The summed E-state index contributed by atoms with van der Waals surface area (Å²) in [5.41, 5.74) is 1.79. The van der Waals surface area contributed by atoms with Gasteiger partial charge in [0.2, 0.25) is 0 Å². The minimum atomic E-state index is -1.00. The highest BCUT2D eigenvalue weighted by Gasteiger charge is 2.20. The number of esters is 3. The second-order valence-electron chi connectivity index (χ2n) is 12.5. The van der Waals surface area contributed by atoms with E-state index < -0.39 is 24.0 Å². The smallest absolute Gasteiger partial charge is 0.347 e. The van der Waals surface area contributed by atoms with Gasteiger partial charge >= 0.3 is 17.9 Å². The summed E-state index contributed by atoms with van der Waals surface area (Å²) in [6.07, 6.45) is 15.8. The van der Waals surface area contributed by atoms with Gasteiger partial charge in [-0.3, -0.25) is 0 Å². The first-order chi connectivity index (χ1) is 24.4. The van der Waals surface area contributed by atoms with Crippen LogP contribution in [0.1, 0.15) is 131 Å². The van der Waals surface area contributed by atoms with Crippen LogP contribution in [-0.2, 0) is 14.3 Å². The fourth-order valence-electron chi connectivity index (χ4n) is 5.09. The maximum Gasteiger partial charge on any atom is 0.347 e. The number of unbranched alkanes of at least 4 members (excludes halogenated alkanes) is 12. The molecule has 3 rings (SSSR count). The minimum absolute atomic E-state index is 0.282. The van der Waals surface area contributed by atoms with Gasteiger partial charge in [-0.25, -0.2) is 14.4 Å². The Labute approximate surface area is 297 Å². The van der Waals surface area contributed by atoms with Crippen molar-refractivity contribution in [3.63, 3.8) is 0 Å². The fourth-order valence-corrected chi connectivity index (χ4v) is 5.09. The van der Waals surface area contributed by atoms with E-state index in [2.05, 4.69) is 24.1 Å². The first-order valence-corrected chi connectivity index (χ1v) is 18.3. The van der Waals surface area contributed by atoms with E-state index >= 15 is 0 Å². The standard InChI is InChI=1S/C41H54N2O7/c1-4-6-8-10-11-12-13-14-15-17-30-47-37-26-20-34(21-27-37)41(46)50-38-28-24-36(25-29-38)43-42-35-22-18-33(19-23-35)40(45)49-32(3)39(44)48-31-16-9-7-5-2/h18-29,32H,4-17,30-31H2,1-3H3. The minimum Gasteiger partial charge on any atom is -0.494 e. The van der Waals surface area contributed by atoms with Gasteiger partial charge in [-0.15, -0.1) is 0 Å². The van der Waals surface area contributed by atoms with Crippen LogP contribution in [0.4, 0.5) is 11.4 Å². The van der Waals surface area contributed by atoms with Gasteiger partial charge in [0.25, 0.3) is 0 Å². The maximum absolute atomic E-state index is 12.7. The van der Waals surface area contributed by atoms with E-state index in [1.54, 1.807) is 72.8 Å². The van der Waals surface area contributed by atoms with Crippen molar-refractivity contribution < 1.29 is 33.3 Å². The topological polar surface area (TPSA) is 113 Å². The summed E-state index contributed by atoms with van der Waals surface area (Å²) < 4.78 is 21.8. The van der Waals surface area contributed by atoms with Crippen molar-refractivity contribution in [1.82, 2.24) is 0 Å². The second-order valence-corrected chi connectivity index (χ2v) is 12.5. The molecular formula is C41H54N2O7. The van der Waals surface area contributed by atoms with E-state index in [0.29, 0.717) is 35.9 Å². The lowest BCUT2D eigenvalue weighted by Crippen LogP contribution is -2.26. The number of ether oxygens (including phenoxy) is 4. The molecule has 270 valence electrons. The Balaban J connectivity index is 1.35. The number of rotatable bonds is 24. The number of nitrogens with zero attached hydrogens (tertiary/aromatic N) is 2. The maximum atomic E-state index is 12.7. The molecule has 3 aromatic carbocycles. The molecule has 9 heteroatoms. The first-order valence-electron chi connectivity index (χ1n) is 18.3. The fraction of sp³-hybridized carbons (Fsp3) is 0.488. The van der Waals surface area contributed by atoms with Gasteiger partial charge in [-0.05, 0) is 92.6 Å². The molecule has 0 spiro atoms. The number of carbonyl (C=O) groups is 3. The normalized spacial score (nSPS) is 11.7. The summed E-state index contributed by atoms with van der Waals surface area (Å²) in [5.74, 6) is -0.532.